The molecule has 0 spiro atoms. The van der Waals surface area contributed by atoms with Gasteiger partial charge in [-0.3, -0.25) is 0 Å². The van der Waals surface area contributed by atoms with Crippen LogP contribution in [0.15, 0.2) is 23.1 Å². The second kappa shape index (κ2) is 6.12. The molecule has 3 nitrogen and oxygen atoms in total. The Bertz CT molecular complexity index is 445. The largest absolute Gasteiger partial charge is 0.381 e. The zero-order valence-corrected chi connectivity index (χ0v) is 11.5. The molecule has 0 amide bonds. The molecule has 0 radical (unpaired) electrons. The van der Waals surface area contributed by atoms with E-state index in [-0.39, 0.29) is 0 Å². The van der Waals surface area contributed by atoms with E-state index in [4.69, 9.17) is 5.73 Å². The highest BCUT2D eigenvalue weighted by molar-refractivity contribution is 7.98. The average Bonchev–Trinajstić information content (AvgIpc) is 2.41. The van der Waals surface area contributed by atoms with Crippen molar-refractivity contribution in [2.75, 3.05) is 11.6 Å². The minimum atomic E-state index is 0.357. The Hall–Kier alpha value is -1.18. The predicted molar refractivity (Wildman–Crippen MR) is 76.8 cm³/mol. The molecule has 1 saturated carbocycles. The third-order valence-electron chi connectivity index (χ3n) is 3.49. The van der Waals surface area contributed by atoms with Crippen molar-refractivity contribution in [3.8, 4) is 6.07 Å². The van der Waals surface area contributed by atoms with Gasteiger partial charge in [0, 0.05) is 17.0 Å². The molecular formula is C14H19N3S. The number of hydrogen-bond acceptors (Lipinski definition) is 4. The summed E-state index contributed by atoms with van der Waals surface area (Å²) in [6, 6.07) is 9.10. The maximum Gasteiger partial charge on any atom is 0.102 e. The number of anilines is 1. The second-order valence-electron chi connectivity index (χ2n) is 4.75. The van der Waals surface area contributed by atoms with Crippen LogP contribution < -0.4 is 11.1 Å². The van der Waals surface area contributed by atoms with Crippen LogP contribution in [0.1, 0.15) is 31.2 Å². The van der Waals surface area contributed by atoms with Gasteiger partial charge in [0.05, 0.1) is 11.3 Å². The fourth-order valence-corrected chi connectivity index (χ4v) is 2.99. The van der Waals surface area contributed by atoms with E-state index in [1.807, 2.05) is 24.5 Å². The fourth-order valence-electron chi connectivity index (χ4n) is 2.42. The van der Waals surface area contributed by atoms with Gasteiger partial charge >= 0.3 is 0 Å². The maximum atomic E-state index is 9.28. The standard InChI is InChI=1S/C14H19N3S/c1-18-14-4-2-3-13(12(14)9-15)17-11-7-5-10(16)6-8-11/h2-4,10-11,17H,5-8,16H2,1H3. The van der Waals surface area contributed by atoms with Gasteiger partial charge < -0.3 is 11.1 Å². The van der Waals surface area contributed by atoms with Gasteiger partial charge in [0.1, 0.15) is 6.07 Å². The van der Waals surface area contributed by atoms with Crippen molar-refractivity contribution in [1.29, 1.82) is 5.26 Å². The van der Waals surface area contributed by atoms with Crippen molar-refractivity contribution in [3.05, 3.63) is 23.8 Å². The summed E-state index contributed by atoms with van der Waals surface area (Å²) in [5.41, 5.74) is 7.64. The first kappa shape index (κ1) is 13.3. The molecule has 96 valence electrons. The Kier molecular flexibility index (Phi) is 4.51. The van der Waals surface area contributed by atoms with Crippen LogP contribution in [0.2, 0.25) is 0 Å². The molecule has 0 atom stereocenters. The van der Waals surface area contributed by atoms with Crippen LogP contribution in [0.25, 0.3) is 0 Å². The van der Waals surface area contributed by atoms with Gasteiger partial charge in [-0.1, -0.05) is 6.07 Å². The molecule has 3 N–H and O–H groups in total. The van der Waals surface area contributed by atoms with Gasteiger partial charge in [0.25, 0.3) is 0 Å². The first-order valence-corrected chi connectivity index (χ1v) is 7.56. The van der Waals surface area contributed by atoms with Gasteiger partial charge in [-0.15, -0.1) is 11.8 Å². The molecule has 1 aromatic rings. The van der Waals surface area contributed by atoms with Crippen molar-refractivity contribution >= 4 is 17.4 Å². The first-order chi connectivity index (χ1) is 8.74. The molecule has 0 aliphatic heterocycles. The average molecular weight is 261 g/mol. The zero-order chi connectivity index (χ0) is 13.0. The predicted octanol–water partition coefficient (Wildman–Crippen LogP) is 2.96. The van der Waals surface area contributed by atoms with E-state index in [9.17, 15) is 5.26 Å². The van der Waals surface area contributed by atoms with Crippen LogP contribution in [0.5, 0.6) is 0 Å². The van der Waals surface area contributed by atoms with E-state index in [0.29, 0.717) is 12.1 Å². The minimum absolute atomic E-state index is 0.357. The summed E-state index contributed by atoms with van der Waals surface area (Å²) >= 11 is 1.61. The molecule has 1 aliphatic carbocycles. The molecular weight excluding hydrogens is 242 g/mol. The number of rotatable bonds is 3. The third kappa shape index (κ3) is 2.98. The lowest BCUT2D eigenvalue weighted by Gasteiger charge is -2.28. The lowest BCUT2D eigenvalue weighted by molar-refractivity contribution is 0.411. The van der Waals surface area contributed by atoms with Crippen molar-refractivity contribution in [3.63, 3.8) is 0 Å². The highest BCUT2D eigenvalue weighted by atomic mass is 32.2. The van der Waals surface area contributed by atoms with Crippen LogP contribution in [0.4, 0.5) is 5.69 Å². The first-order valence-electron chi connectivity index (χ1n) is 6.33. The van der Waals surface area contributed by atoms with Crippen LogP contribution >= 0.6 is 11.8 Å². The summed E-state index contributed by atoms with van der Waals surface area (Å²) in [5, 5.41) is 12.8. The van der Waals surface area contributed by atoms with Gasteiger partial charge in [-0.25, -0.2) is 0 Å². The quantitative estimate of drug-likeness (QED) is 0.821. The molecule has 0 saturated heterocycles. The molecule has 2 rings (SSSR count). The van der Waals surface area contributed by atoms with E-state index in [2.05, 4.69) is 11.4 Å². The van der Waals surface area contributed by atoms with Gasteiger partial charge in [0.2, 0.25) is 0 Å². The number of nitriles is 1. The topological polar surface area (TPSA) is 61.8 Å². The third-order valence-corrected chi connectivity index (χ3v) is 4.27. The minimum Gasteiger partial charge on any atom is -0.381 e. The summed E-state index contributed by atoms with van der Waals surface area (Å²) in [5.74, 6) is 0. The van der Waals surface area contributed by atoms with Gasteiger partial charge in [-0.2, -0.15) is 5.26 Å². The molecule has 1 fully saturated rings. The smallest absolute Gasteiger partial charge is 0.102 e. The van der Waals surface area contributed by atoms with E-state index >= 15 is 0 Å². The lowest BCUT2D eigenvalue weighted by atomic mass is 9.91. The van der Waals surface area contributed by atoms with Crippen molar-refractivity contribution in [2.24, 2.45) is 5.73 Å². The van der Waals surface area contributed by atoms with Crippen LogP contribution in [-0.2, 0) is 0 Å². The normalized spacial score (nSPS) is 23.4. The Balaban J connectivity index is 2.12. The Morgan fingerprint density at radius 3 is 2.67 bits per heavy atom. The number of nitrogens with two attached hydrogens (primary N) is 1. The summed E-state index contributed by atoms with van der Waals surface area (Å²) < 4.78 is 0. The number of nitrogens with zero attached hydrogens (tertiary/aromatic N) is 1. The molecule has 4 heteroatoms. The van der Waals surface area contributed by atoms with Crippen LogP contribution in [0, 0.1) is 11.3 Å². The van der Waals surface area contributed by atoms with Crippen molar-refractivity contribution < 1.29 is 0 Å². The van der Waals surface area contributed by atoms with E-state index in [1.165, 1.54) is 0 Å². The van der Waals surface area contributed by atoms with Gasteiger partial charge in [0.15, 0.2) is 0 Å². The van der Waals surface area contributed by atoms with Crippen LogP contribution in [-0.4, -0.2) is 18.3 Å². The van der Waals surface area contributed by atoms with Crippen LogP contribution in [0.3, 0.4) is 0 Å². The second-order valence-corrected chi connectivity index (χ2v) is 5.60. The lowest BCUT2D eigenvalue weighted by Crippen LogP contribution is -2.33. The van der Waals surface area contributed by atoms with Gasteiger partial charge in [-0.05, 0) is 44.1 Å². The Labute approximate surface area is 113 Å². The number of hydrogen-bond donors (Lipinski definition) is 2. The molecule has 1 aromatic carbocycles. The van der Waals surface area contributed by atoms with Crippen molar-refractivity contribution in [2.45, 2.75) is 42.7 Å². The molecule has 0 aromatic heterocycles. The van der Waals surface area contributed by atoms with E-state index in [0.717, 1.165) is 41.8 Å². The summed E-state index contributed by atoms with van der Waals surface area (Å²) in [7, 11) is 0. The molecule has 18 heavy (non-hydrogen) atoms. The molecule has 0 unspecified atom stereocenters. The highest BCUT2D eigenvalue weighted by Gasteiger charge is 2.19. The SMILES string of the molecule is CSc1cccc(NC2CCC(N)CC2)c1C#N. The molecule has 0 heterocycles. The summed E-state index contributed by atoms with van der Waals surface area (Å²) in [4.78, 5) is 1.04. The number of thioether (sulfide) groups is 1. The summed E-state index contributed by atoms with van der Waals surface area (Å²) in [6.07, 6.45) is 6.33. The molecule has 1 aliphatic rings. The number of nitrogens with one attached hydrogen (secondary N) is 1. The maximum absolute atomic E-state index is 9.28. The number of benzene rings is 1. The Morgan fingerprint density at radius 2 is 2.06 bits per heavy atom. The fraction of sp³-hybridized carbons (Fsp3) is 0.500. The highest BCUT2D eigenvalue weighted by Crippen LogP contribution is 2.28. The molecule has 0 bridgehead atoms. The monoisotopic (exact) mass is 261 g/mol. The summed E-state index contributed by atoms with van der Waals surface area (Å²) in [6.45, 7) is 0. The van der Waals surface area contributed by atoms with E-state index < -0.39 is 0 Å². The Morgan fingerprint density at radius 1 is 1.33 bits per heavy atom. The van der Waals surface area contributed by atoms with Crippen molar-refractivity contribution in [1.82, 2.24) is 0 Å². The van der Waals surface area contributed by atoms with E-state index in [1.54, 1.807) is 11.8 Å². The zero-order valence-electron chi connectivity index (χ0n) is 10.6.